The van der Waals surface area contributed by atoms with E-state index in [0.29, 0.717) is 6.54 Å². The molecule has 88 valence electrons. The molecule has 0 atom stereocenters. The topological polar surface area (TPSA) is 46.2 Å². The van der Waals surface area contributed by atoms with Crippen LogP contribution in [0.5, 0.6) is 0 Å². The van der Waals surface area contributed by atoms with Crippen molar-refractivity contribution < 1.29 is 5.11 Å². The Morgan fingerprint density at radius 3 is 1.73 bits per heavy atom. The molecule has 3 N–H and O–H groups in total. The van der Waals surface area contributed by atoms with E-state index in [9.17, 15) is 5.11 Å². The van der Waals surface area contributed by atoms with Gasteiger partial charge in [0, 0.05) is 12.0 Å². The van der Waals surface area contributed by atoms with Gasteiger partial charge in [0.2, 0.25) is 0 Å². The first-order chi connectivity index (χ1) is 7.22. The highest BCUT2D eigenvalue weighted by molar-refractivity contribution is 5.02. The summed E-state index contributed by atoms with van der Waals surface area (Å²) in [7, 11) is 0. The van der Waals surface area contributed by atoms with Crippen LogP contribution in [0.15, 0.2) is 0 Å². The Hall–Kier alpha value is -0.0800. The molecule has 2 aliphatic rings. The van der Waals surface area contributed by atoms with Crippen LogP contribution in [0, 0.1) is 5.41 Å². The first-order valence-electron chi connectivity index (χ1n) is 6.65. The molecule has 15 heavy (non-hydrogen) atoms. The average molecular weight is 211 g/mol. The predicted octanol–water partition coefficient (Wildman–Crippen LogP) is 2.59. The summed E-state index contributed by atoms with van der Waals surface area (Å²) in [6.45, 7) is 0.684. The molecule has 0 saturated heterocycles. The summed E-state index contributed by atoms with van der Waals surface area (Å²) in [6, 6.07) is 0. The van der Waals surface area contributed by atoms with E-state index in [0.717, 1.165) is 25.7 Å². The van der Waals surface area contributed by atoms with Gasteiger partial charge in [0.15, 0.2) is 0 Å². The summed E-state index contributed by atoms with van der Waals surface area (Å²) in [5, 5.41) is 10.9. The lowest BCUT2D eigenvalue weighted by molar-refractivity contribution is -0.121. The molecule has 0 bridgehead atoms. The number of nitrogens with two attached hydrogens (primary N) is 1. The van der Waals surface area contributed by atoms with Crippen LogP contribution in [0.3, 0.4) is 0 Å². The smallest absolute Gasteiger partial charge is 0.0715 e. The van der Waals surface area contributed by atoms with E-state index in [1.807, 2.05) is 0 Å². The van der Waals surface area contributed by atoms with Gasteiger partial charge in [0.05, 0.1) is 5.60 Å². The van der Waals surface area contributed by atoms with Crippen LogP contribution in [0.25, 0.3) is 0 Å². The minimum absolute atomic E-state index is 0.0612. The minimum atomic E-state index is -0.430. The number of rotatable bonds is 2. The number of aliphatic hydroxyl groups is 1. The fourth-order valence-corrected chi connectivity index (χ4v) is 3.76. The van der Waals surface area contributed by atoms with Crippen molar-refractivity contribution in [1.82, 2.24) is 0 Å². The van der Waals surface area contributed by atoms with Gasteiger partial charge in [-0.05, 0) is 25.7 Å². The number of hydrogen-bond acceptors (Lipinski definition) is 2. The molecule has 0 aromatic rings. The third-order valence-corrected chi connectivity index (χ3v) is 4.87. The second-order valence-corrected chi connectivity index (χ2v) is 5.64. The zero-order valence-corrected chi connectivity index (χ0v) is 9.80. The highest BCUT2D eigenvalue weighted by Gasteiger charge is 2.49. The lowest BCUT2D eigenvalue weighted by Gasteiger charge is -2.51. The second-order valence-electron chi connectivity index (χ2n) is 5.64. The van der Waals surface area contributed by atoms with E-state index in [4.69, 9.17) is 5.73 Å². The SMILES string of the molecule is NCC1(C2(O)CCCCC2)CCCCC1. The van der Waals surface area contributed by atoms with Gasteiger partial charge in [-0.1, -0.05) is 38.5 Å². The maximum absolute atomic E-state index is 10.9. The summed E-state index contributed by atoms with van der Waals surface area (Å²) in [5.41, 5.74) is 5.63. The molecule has 2 nitrogen and oxygen atoms in total. The van der Waals surface area contributed by atoms with E-state index < -0.39 is 5.60 Å². The summed E-state index contributed by atoms with van der Waals surface area (Å²) >= 11 is 0. The third-order valence-electron chi connectivity index (χ3n) is 4.87. The van der Waals surface area contributed by atoms with Crippen molar-refractivity contribution in [3.8, 4) is 0 Å². The highest BCUT2D eigenvalue weighted by Crippen LogP contribution is 2.50. The van der Waals surface area contributed by atoms with E-state index in [-0.39, 0.29) is 5.41 Å². The molecular weight excluding hydrogens is 186 g/mol. The van der Waals surface area contributed by atoms with Crippen LogP contribution in [-0.2, 0) is 0 Å². The lowest BCUT2D eigenvalue weighted by Crippen LogP contribution is -2.54. The van der Waals surface area contributed by atoms with Crippen molar-refractivity contribution in [1.29, 1.82) is 0 Å². The predicted molar refractivity (Wildman–Crippen MR) is 62.6 cm³/mol. The highest BCUT2D eigenvalue weighted by atomic mass is 16.3. The molecule has 2 rings (SSSR count). The molecule has 2 aliphatic carbocycles. The summed E-state index contributed by atoms with van der Waals surface area (Å²) in [5.74, 6) is 0. The van der Waals surface area contributed by atoms with Gasteiger partial charge in [-0.15, -0.1) is 0 Å². The van der Waals surface area contributed by atoms with Gasteiger partial charge in [0.25, 0.3) is 0 Å². The van der Waals surface area contributed by atoms with Gasteiger partial charge in [0.1, 0.15) is 0 Å². The van der Waals surface area contributed by atoms with Crippen LogP contribution in [0.1, 0.15) is 64.2 Å². The largest absolute Gasteiger partial charge is 0.389 e. The molecule has 2 saturated carbocycles. The third kappa shape index (κ3) is 1.94. The molecule has 2 fully saturated rings. The van der Waals surface area contributed by atoms with Gasteiger partial charge in [-0.2, -0.15) is 0 Å². The first-order valence-corrected chi connectivity index (χ1v) is 6.65. The average Bonchev–Trinajstić information content (AvgIpc) is 2.31. The Labute approximate surface area is 93.2 Å². The Morgan fingerprint density at radius 2 is 1.27 bits per heavy atom. The molecule has 0 aromatic heterocycles. The van der Waals surface area contributed by atoms with Crippen molar-refractivity contribution in [2.75, 3.05) is 6.54 Å². The molecule has 2 heteroatoms. The minimum Gasteiger partial charge on any atom is -0.389 e. The van der Waals surface area contributed by atoms with Crippen LogP contribution in [0.4, 0.5) is 0 Å². The van der Waals surface area contributed by atoms with Crippen LogP contribution in [-0.4, -0.2) is 17.3 Å². The number of hydrogen-bond donors (Lipinski definition) is 2. The zero-order valence-electron chi connectivity index (χ0n) is 9.80. The van der Waals surface area contributed by atoms with E-state index in [1.54, 1.807) is 0 Å². The molecule has 0 unspecified atom stereocenters. The molecule has 0 amide bonds. The molecular formula is C13H25NO. The molecule has 0 radical (unpaired) electrons. The fraction of sp³-hybridized carbons (Fsp3) is 1.00. The van der Waals surface area contributed by atoms with Crippen molar-refractivity contribution in [2.45, 2.75) is 69.8 Å². The normalized spacial score (nSPS) is 30.0. The zero-order chi connectivity index (χ0) is 10.8. The molecule has 0 aromatic carbocycles. The Morgan fingerprint density at radius 1 is 0.800 bits per heavy atom. The van der Waals surface area contributed by atoms with Crippen molar-refractivity contribution in [2.24, 2.45) is 11.1 Å². The van der Waals surface area contributed by atoms with Gasteiger partial charge >= 0.3 is 0 Å². The maximum Gasteiger partial charge on any atom is 0.0715 e. The van der Waals surface area contributed by atoms with Gasteiger partial charge < -0.3 is 10.8 Å². The standard InChI is InChI=1S/C13H25NO/c14-11-12(7-3-1-4-8-12)13(15)9-5-2-6-10-13/h15H,1-11,14H2. The molecule has 0 aliphatic heterocycles. The Bertz CT molecular complexity index is 203. The van der Waals surface area contributed by atoms with Crippen LogP contribution in [0.2, 0.25) is 0 Å². The Balaban J connectivity index is 2.15. The summed E-state index contributed by atoms with van der Waals surface area (Å²) < 4.78 is 0. The van der Waals surface area contributed by atoms with Crippen molar-refractivity contribution in [3.63, 3.8) is 0 Å². The van der Waals surface area contributed by atoms with E-state index in [2.05, 4.69) is 0 Å². The Kier molecular flexibility index (Phi) is 3.36. The first kappa shape index (κ1) is 11.4. The molecule has 0 heterocycles. The van der Waals surface area contributed by atoms with Gasteiger partial charge in [-0.3, -0.25) is 0 Å². The second kappa shape index (κ2) is 4.42. The van der Waals surface area contributed by atoms with Crippen molar-refractivity contribution in [3.05, 3.63) is 0 Å². The van der Waals surface area contributed by atoms with Crippen LogP contribution >= 0.6 is 0 Å². The molecule has 0 spiro atoms. The van der Waals surface area contributed by atoms with E-state index in [1.165, 1.54) is 38.5 Å². The fourth-order valence-electron chi connectivity index (χ4n) is 3.76. The summed E-state index contributed by atoms with van der Waals surface area (Å²) in [6.07, 6.45) is 11.8. The van der Waals surface area contributed by atoms with E-state index >= 15 is 0 Å². The quantitative estimate of drug-likeness (QED) is 0.737. The van der Waals surface area contributed by atoms with Gasteiger partial charge in [-0.25, -0.2) is 0 Å². The maximum atomic E-state index is 10.9. The monoisotopic (exact) mass is 211 g/mol. The van der Waals surface area contributed by atoms with Crippen LogP contribution < -0.4 is 5.73 Å². The summed E-state index contributed by atoms with van der Waals surface area (Å²) in [4.78, 5) is 0. The lowest BCUT2D eigenvalue weighted by atomic mass is 9.59. The van der Waals surface area contributed by atoms with Crippen molar-refractivity contribution >= 4 is 0 Å².